The van der Waals surface area contributed by atoms with Crippen molar-refractivity contribution in [3.63, 3.8) is 0 Å². The fraction of sp³-hybridized carbons (Fsp3) is 0.0625. The van der Waals surface area contributed by atoms with Crippen molar-refractivity contribution in [2.75, 3.05) is 0 Å². The van der Waals surface area contributed by atoms with Crippen molar-refractivity contribution >= 4 is 22.7 Å². The number of benzene rings is 2. The van der Waals surface area contributed by atoms with E-state index in [1.807, 2.05) is 0 Å². The molecule has 1 atom stereocenters. The zero-order valence-corrected chi connectivity index (χ0v) is 13.6. The summed E-state index contributed by atoms with van der Waals surface area (Å²) in [7, 11) is 0. The SMILES string of the molecule is Cc1ccc(-c2c(-c3ccc(S(=O)O)cc3)n[nH]c2Cl)cc1F. The van der Waals surface area contributed by atoms with Crippen LogP contribution in [0, 0.1) is 12.7 Å². The second-order valence-electron chi connectivity index (χ2n) is 5.00. The standard InChI is InChI=1S/C16H12ClFN2O2S/c1-9-2-3-11(8-13(9)18)14-15(19-20-16(14)17)10-4-6-12(7-5-10)23(21)22/h2-8H,1H3,(H,19,20)(H,21,22). The number of hydrogen-bond acceptors (Lipinski definition) is 2. The van der Waals surface area contributed by atoms with Gasteiger partial charge in [0.1, 0.15) is 16.7 Å². The van der Waals surface area contributed by atoms with E-state index in [9.17, 15) is 8.60 Å². The lowest BCUT2D eigenvalue weighted by Gasteiger charge is -2.06. The largest absolute Gasteiger partial charge is 0.302 e. The average Bonchev–Trinajstić information content (AvgIpc) is 2.92. The summed E-state index contributed by atoms with van der Waals surface area (Å²) in [6.07, 6.45) is 0. The number of nitrogens with zero attached hydrogens (tertiary/aromatic N) is 1. The molecule has 23 heavy (non-hydrogen) atoms. The Labute approximate surface area is 139 Å². The predicted octanol–water partition coefficient (Wildman–Crippen LogP) is 4.43. The lowest BCUT2D eigenvalue weighted by molar-refractivity contribution is 0.564. The van der Waals surface area contributed by atoms with Crippen LogP contribution in [0.3, 0.4) is 0 Å². The molecule has 0 bridgehead atoms. The number of H-pyrrole nitrogens is 1. The number of nitrogens with one attached hydrogen (secondary N) is 1. The monoisotopic (exact) mass is 350 g/mol. The summed E-state index contributed by atoms with van der Waals surface area (Å²) >= 11 is 4.13. The maximum atomic E-state index is 13.8. The summed E-state index contributed by atoms with van der Waals surface area (Å²) in [6.45, 7) is 1.69. The van der Waals surface area contributed by atoms with Gasteiger partial charge in [-0.25, -0.2) is 8.60 Å². The lowest BCUT2D eigenvalue weighted by Crippen LogP contribution is -1.89. The van der Waals surface area contributed by atoms with E-state index < -0.39 is 11.1 Å². The van der Waals surface area contributed by atoms with E-state index in [2.05, 4.69) is 10.2 Å². The van der Waals surface area contributed by atoms with Gasteiger partial charge < -0.3 is 4.55 Å². The Morgan fingerprint density at radius 1 is 1.17 bits per heavy atom. The molecule has 0 saturated heterocycles. The number of aryl methyl sites for hydroxylation is 1. The number of hydrogen-bond donors (Lipinski definition) is 2. The van der Waals surface area contributed by atoms with E-state index in [4.69, 9.17) is 16.2 Å². The third-order valence-corrected chi connectivity index (χ3v) is 4.46. The second kappa shape index (κ2) is 6.23. The van der Waals surface area contributed by atoms with Gasteiger partial charge in [-0.05, 0) is 36.2 Å². The fourth-order valence-corrected chi connectivity index (χ4v) is 2.88. The van der Waals surface area contributed by atoms with Gasteiger partial charge in [0.25, 0.3) is 0 Å². The Balaban J connectivity index is 2.11. The highest BCUT2D eigenvalue weighted by atomic mass is 35.5. The van der Waals surface area contributed by atoms with Crippen molar-refractivity contribution in [3.05, 3.63) is 59.0 Å². The normalized spacial score (nSPS) is 12.3. The van der Waals surface area contributed by atoms with Crippen molar-refractivity contribution < 1.29 is 13.2 Å². The Morgan fingerprint density at radius 2 is 1.83 bits per heavy atom. The van der Waals surface area contributed by atoms with Crippen molar-refractivity contribution in [2.45, 2.75) is 11.8 Å². The van der Waals surface area contributed by atoms with Crippen LogP contribution in [0.15, 0.2) is 47.4 Å². The molecule has 0 aliphatic heterocycles. The number of halogens is 2. The minimum absolute atomic E-state index is 0.290. The van der Waals surface area contributed by atoms with E-state index >= 15 is 0 Å². The van der Waals surface area contributed by atoms with Gasteiger partial charge in [-0.1, -0.05) is 35.9 Å². The molecule has 4 nitrogen and oxygen atoms in total. The second-order valence-corrected chi connectivity index (χ2v) is 6.35. The zero-order chi connectivity index (χ0) is 16.6. The van der Waals surface area contributed by atoms with Gasteiger partial charge in [0.15, 0.2) is 11.1 Å². The number of aromatic amines is 1. The highest BCUT2D eigenvalue weighted by molar-refractivity contribution is 7.79. The van der Waals surface area contributed by atoms with Crippen molar-refractivity contribution in [1.29, 1.82) is 0 Å². The number of rotatable bonds is 3. The van der Waals surface area contributed by atoms with Crippen LogP contribution in [0.2, 0.25) is 5.15 Å². The molecule has 3 aromatic rings. The topological polar surface area (TPSA) is 66.0 Å². The van der Waals surface area contributed by atoms with E-state index in [0.29, 0.717) is 38.0 Å². The molecule has 118 valence electrons. The van der Waals surface area contributed by atoms with E-state index in [1.54, 1.807) is 31.2 Å². The first-order valence-corrected chi connectivity index (χ1v) is 8.17. The molecule has 0 aliphatic rings. The smallest absolute Gasteiger partial charge is 0.186 e. The molecule has 1 unspecified atom stereocenters. The van der Waals surface area contributed by atoms with E-state index in [0.717, 1.165) is 0 Å². The van der Waals surface area contributed by atoms with Crippen LogP contribution >= 0.6 is 11.6 Å². The third-order valence-electron chi connectivity index (χ3n) is 3.51. The highest BCUT2D eigenvalue weighted by Gasteiger charge is 2.17. The molecule has 3 rings (SSSR count). The maximum absolute atomic E-state index is 13.8. The maximum Gasteiger partial charge on any atom is 0.186 e. The average molecular weight is 351 g/mol. The molecule has 0 spiro atoms. The Hall–Kier alpha value is -2.02. The molecule has 0 saturated carbocycles. The molecule has 2 aromatic carbocycles. The molecule has 7 heteroatoms. The van der Waals surface area contributed by atoms with E-state index in [-0.39, 0.29) is 5.82 Å². The molecular weight excluding hydrogens is 339 g/mol. The Morgan fingerprint density at radius 3 is 2.43 bits per heavy atom. The van der Waals surface area contributed by atoms with Gasteiger partial charge in [-0.3, -0.25) is 5.10 Å². The molecule has 1 heterocycles. The van der Waals surface area contributed by atoms with Crippen LogP contribution in [0.25, 0.3) is 22.4 Å². The summed E-state index contributed by atoms with van der Waals surface area (Å²) in [5.41, 5.74) is 3.00. The van der Waals surface area contributed by atoms with Gasteiger partial charge in [-0.15, -0.1) is 0 Å². The molecule has 0 radical (unpaired) electrons. The molecule has 2 N–H and O–H groups in total. The van der Waals surface area contributed by atoms with Gasteiger partial charge in [0.2, 0.25) is 0 Å². The van der Waals surface area contributed by atoms with Crippen LogP contribution in [0.5, 0.6) is 0 Å². The molecule has 0 amide bonds. The van der Waals surface area contributed by atoms with Crippen LogP contribution in [0.4, 0.5) is 4.39 Å². The summed E-state index contributed by atoms with van der Waals surface area (Å²) in [4.78, 5) is 0.290. The van der Waals surface area contributed by atoms with Gasteiger partial charge in [0, 0.05) is 11.1 Å². The summed E-state index contributed by atoms with van der Waals surface area (Å²) in [6, 6.07) is 11.3. The molecule has 1 aromatic heterocycles. The lowest BCUT2D eigenvalue weighted by atomic mass is 10.0. The zero-order valence-electron chi connectivity index (χ0n) is 12.0. The van der Waals surface area contributed by atoms with Crippen LogP contribution in [-0.4, -0.2) is 19.0 Å². The van der Waals surface area contributed by atoms with Crippen molar-refractivity contribution in [2.24, 2.45) is 0 Å². The van der Waals surface area contributed by atoms with Crippen LogP contribution < -0.4 is 0 Å². The summed E-state index contributed by atoms with van der Waals surface area (Å²) < 4.78 is 33.9. The first-order chi connectivity index (χ1) is 11.0. The van der Waals surface area contributed by atoms with Crippen LogP contribution in [-0.2, 0) is 11.1 Å². The first kappa shape index (κ1) is 15.9. The van der Waals surface area contributed by atoms with Crippen molar-refractivity contribution in [1.82, 2.24) is 10.2 Å². The molecule has 0 aliphatic carbocycles. The van der Waals surface area contributed by atoms with Gasteiger partial charge >= 0.3 is 0 Å². The molecular formula is C16H12ClFN2O2S. The minimum Gasteiger partial charge on any atom is -0.302 e. The highest BCUT2D eigenvalue weighted by Crippen LogP contribution is 2.36. The van der Waals surface area contributed by atoms with Gasteiger partial charge in [0.05, 0.1) is 4.90 Å². The first-order valence-electron chi connectivity index (χ1n) is 6.69. The third kappa shape index (κ3) is 3.06. The van der Waals surface area contributed by atoms with E-state index in [1.165, 1.54) is 18.2 Å². The molecule has 0 fully saturated rings. The Kier molecular flexibility index (Phi) is 4.30. The quantitative estimate of drug-likeness (QED) is 0.687. The number of aromatic nitrogens is 2. The van der Waals surface area contributed by atoms with Crippen LogP contribution in [0.1, 0.15) is 5.56 Å². The summed E-state index contributed by atoms with van der Waals surface area (Å²) in [5, 5.41) is 7.16. The van der Waals surface area contributed by atoms with Gasteiger partial charge in [-0.2, -0.15) is 5.10 Å². The Bertz CT molecular complexity index is 894. The summed E-state index contributed by atoms with van der Waals surface area (Å²) in [5.74, 6) is -0.322. The predicted molar refractivity (Wildman–Crippen MR) is 88.2 cm³/mol. The fourth-order valence-electron chi connectivity index (χ4n) is 2.27. The van der Waals surface area contributed by atoms with Crippen molar-refractivity contribution in [3.8, 4) is 22.4 Å². The minimum atomic E-state index is -2.04.